The lowest BCUT2D eigenvalue weighted by atomic mass is 9.78. The molecule has 1 aromatic carbocycles. The molecular weight excluding hydrogens is 265 g/mol. The van der Waals surface area contributed by atoms with E-state index in [9.17, 15) is 18.3 Å². The molecule has 0 aliphatic heterocycles. The molecule has 110 valence electrons. The minimum Gasteiger partial charge on any atom is -0.388 e. The molecular formula is C16H19F3O. The van der Waals surface area contributed by atoms with Gasteiger partial charge < -0.3 is 5.11 Å². The normalized spacial score (nSPS) is 25.2. The molecule has 1 aliphatic carbocycles. The van der Waals surface area contributed by atoms with Crippen LogP contribution in [0.2, 0.25) is 0 Å². The van der Waals surface area contributed by atoms with Gasteiger partial charge in [-0.05, 0) is 43.2 Å². The number of halogens is 3. The van der Waals surface area contributed by atoms with Gasteiger partial charge in [-0.2, -0.15) is 13.2 Å². The first-order valence-corrected chi connectivity index (χ1v) is 6.80. The molecule has 0 radical (unpaired) electrons. The summed E-state index contributed by atoms with van der Waals surface area (Å²) in [6, 6.07) is 5.32. The van der Waals surface area contributed by atoms with Crippen molar-refractivity contribution in [3.63, 3.8) is 0 Å². The zero-order valence-electron chi connectivity index (χ0n) is 11.6. The Morgan fingerprint density at radius 2 is 1.90 bits per heavy atom. The highest BCUT2D eigenvalue weighted by Gasteiger charge is 2.37. The van der Waals surface area contributed by atoms with Crippen LogP contribution in [0.5, 0.6) is 0 Å². The van der Waals surface area contributed by atoms with Crippen molar-refractivity contribution >= 4 is 0 Å². The van der Waals surface area contributed by atoms with Crippen LogP contribution in [0.25, 0.3) is 0 Å². The maximum atomic E-state index is 13.0. The molecule has 20 heavy (non-hydrogen) atoms. The fourth-order valence-electron chi connectivity index (χ4n) is 3.10. The first-order chi connectivity index (χ1) is 9.29. The summed E-state index contributed by atoms with van der Waals surface area (Å²) < 4.78 is 39.0. The van der Waals surface area contributed by atoms with Gasteiger partial charge in [0, 0.05) is 0 Å². The molecule has 0 heterocycles. The molecule has 4 heteroatoms. The van der Waals surface area contributed by atoms with E-state index in [1.54, 1.807) is 6.07 Å². The fourth-order valence-corrected chi connectivity index (χ4v) is 3.10. The third kappa shape index (κ3) is 3.23. The highest BCUT2D eigenvalue weighted by molar-refractivity contribution is 5.32. The number of benzene rings is 1. The lowest BCUT2D eigenvalue weighted by Crippen LogP contribution is -2.22. The van der Waals surface area contributed by atoms with Crippen LogP contribution in [0, 0.1) is 11.8 Å². The fraction of sp³-hybridized carbons (Fsp3) is 0.500. The Balaban J connectivity index is 2.30. The van der Waals surface area contributed by atoms with E-state index in [0.29, 0.717) is 18.8 Å². The van der Waals surface area contributed by atoms with Crippen LogP contribution in [-0.4, -0.2) is 5.11 Å². The molecule has 0 amide bonds. The lowest BCUT2D eigenvalue weighted by molar-refractivity contribution is -0.139. The van der Waals surface area contributed by atoms with Gasteiger partial charge in [0.05, 0.1) is 11.7 Å². The van der Waals surface area contributed by atoms with Crippen molar-refractivity contribution in [2.24, 2.45) is 11.8 Å². The predicted molar refractivity (Wildman–Crippen MR) is 72.0 cm³/mol. The minimum atomic E-state index is -4.43. The molecule has 0 aromatic heterocycles. The minimum absolute atomic E-state index is 0.00750. The average Bonchev–Trinajstić information content (AvgIpc) is 2.35. The van der Waals surface area contributed by atoms with E-state index in [-0.39, 0.29) is 11.5 Å². The smallest absolute Gasteiger partial charge is 0.388 e. The van der Waals surface area contributed by atoms with Gasteiger partial charge in [0.1, 0.15) is 0 Å². The monoisotopic (exact) mass is 284 g/mol. The van der Waals surface area contributed by atoms with E-state index in [1.807, 2.05) is 13.8 Å². The first kappa shape index (κ1) is 15.1. The molecule has 1 nitrogen and oxygen atoms in total. The highest BCUT2D eigenvalue weighted by Crippen LogP contribution is 2.41. The van der Waals surface area contributed by atoms with E-state index in [4.69, 9.17) is 0 Å². The van der Waals surface area contributed by atoms with Crippen molar-refractivity contribution in [3.05, 3.63) is 47.0 Å². The Hall–Kier alpha value is -1.29. The van der Waals surface area contributed by atoms with Crippen molar-refractivity contribution in [1.29, 1.82) is 0 Å². The van der Waals surface area contributed by atoms with Gasteiger partial charge in [-0.1, -0.05) is 36.8 Å². The van der Waals surface area contributed by atoms with Gasteiger partial charge in [0.2, 0.25) is 0 Å². The Bertz CT molecular complexity index is 505. The number of aliphatic hydroxyl groups is 1. The third-order valence-corrected chi connectivity index (χ3v) is 3.86. The Labute approximate surface area is 117 Å². The zero-order valence-corrected chi connectivity index (χ0v) is 11.6. The summed E-state index contributed by atoms with van der Waals surface area (Å²) in [7, 11) is 0. The number of rotatable bonds is 2. The number of alkyl halides is 3. The summed E-state index contributed by atoms with van der Waals surface area (Å²) in [6.07, 6.45) is -2.01. The van der Waals surface area contributed by atoms with Crippen LogP contribution in [-0.2, 0) is 6.18 Å². The van der Waals surface area contributed by atoms with Gasteiger partial charge in [0.25, 0.3) is 0 Å². The van der Waals surface area contributed by atoms with Crippen LogP contribution in [0.3, 0.4) is 0 Å². The third-order valence-electron chi connectivity index (χ3n) is 3.86. The molecule has 3 atom stereocenters. The van der Waals surface area contributed by atoms with E-state index in [0.717, 1.165) is 11.6 Å². The molecule has 0 fully saturated rings. The molecule has 3 unspecified atom stereocenters. The topological polar surface area (TPSA) is 20.2 Å². The van der Waals surface area contributed by atoms with Crippen LogP contribution >= 0.6 is 0 Å². The molecule has 1 aromatic rings. The molecule has 0 saturated heterocycles. The highest BCUT2D eigenvalue weighted by atomic mass is 19.4. The molecule has 1 N–H and O–H groups in total. The maximum Gasteiger partial charge on any atom is 0.416 e. The molecule has 0 saturated carbocycles. The van der Waals surface area contributed by atoms with Gasteiger partial charge in [-0.15, -0.1) is 0 Å². The van der Waals surface area contributed by atoms with Crippen LogP contribution in [0.15, 0.2) is 35.9 Å². The van der Waals surface area contributed by atoms with Crippen LogP contribution in [0.1, 0.15) is 43.9 Å². The summed E-state index contributed by atoms with van der Waals surface area (Å²) in [5, 5.41) is 10.4. The molecule has 1 aliphatic rings. The van der Waals surface area contributed by atoms with E-state index >= 15 is 0 Å². The van der Waals surface area contributed by atoms with Crippen molar-refractivity contribution < 1.29 is 18.3 Å². The second-order valence-corrected chi connectivity index (χ2v) is 5.72. The first-order valence-electron chi connectivity index (χ1n) is 6.80. The Kier molecular flexibility index (Phi) is 4.23. The Morgan fingerprint density at radius 1 is 1.25 bits per heavy atom. The zero-order chi connectivity index (χ0) is 14.9. The second kappa shape index (κ2) is 5.60. The summed E-state index contributed by atoms with van der Waals surface area (Å²) in [6.45, 7) is 3.99. The number of allylic oxidation sites excluding steroid dienone is 2. The Morgan fingerprint density at radius 3 is 2.50 bits per heavy atom. The van der Waals surface area contributed by atoms with Gasteiger partial charge in [-0.25, -0.2) is 0 Å². The SMILES string of the molecule is CC1=CC(C)CC(C(O)c2ccccc2C(F)(F)F)C1. The molecule has 2 rings (SSSR count). The van der Waals surface area contributed by atoms with Crippen molar-refractivity contribution in [1.82, 2.24) is 0 Å². The van der Waals surface area contributed by atoms with Crippen molar-refractivity contribution in [3.8, 4) is 0 Å². The summed E-state index contributed by atoms with van der Waals surface area (Å²) in [5.41, 5.74) is 0.400. The molecule has 0 bridgehead atoms. The second-order valence-electron chi connectivity index (χ2n) is 5.72. The number of aliphatic hydroxyl groups excluding tert-OH is 1. The van der Waals surface area contributed by atoms with Crippen LogP contribution in [0.4, 0.5) is 13.2 Å². The van der Waals surface area contributed by atoms with E-state index in [1.165, 1.54) is 12.1 Å². The summed E-state index contributed by atoms with van der Waals surface area (Å²) >= 11 is 0. The maximum absolute atomic E-state index is 13.0. The quantitative estimate of drug-likeness (QED) is 0.778. The largest absolute Gasteiger partial charge is 0.416 e. The van der Waals surface area contributed by atoms with E-state index in [2.05, 4.69) is 6.08 Å². The van der Waals surface area contributed by atoms with Crippen molar-refractivity contribution in [2.75, 3.05) is 0 Å². The standard InChI is InChI=1S/C16H19F3O/c1-10-7-11(2)9-12(8-10)15(20)13-5-3-4-6-14(13)16(17,18)19/h3-7,10,12,15,20H,8-9H2,1-2H3. The van der Waals surface area contributed by atoms with Gasteiger partial charge in [-0.3, -0.25) is 0 Å². The average molecular weight is 284 g/mol. The van der Waals surface area contributed by atoms with Crippen LogP contribution < -0.4 is 0 Å². The van der Waals surface area contributed by atoms with Gasteiger partial charge in [0.15, 0.2) is 0 Å². The van der Waals surface area contributed by atoms with Crippen molar-refractivity contribution in [2.45, 2.75) is 39.0 Å². The number of hydrogen-bond acceptors (Lipinski definition) is 1. The lowest BCUT2D eigenvalue weighted by Gasteiger charge is -2.30. The van der Waals surface area contributed by atoms with E-state index < -0.39 is 17.8 Å². The predicted octanol–water partition coefficient (Wildman–Crippen LogP) is 4.73. The van der Waals surface area contributed by atoms with Gasteiger partial charge >= 0.3 is 6.18 Å². The summed E-state index contributed by atoms with van der Waals surface area (Å²) in [4.78, 5) is 0. The summed E-state index contributed by atoms with van der Waals surface area (Å²) in [5.74, 6) is 0.139. The number of hydrogen-bond donors (Lipinski definition) is 1. The molecule has 0 spiro atoms.